The third-order valence-corrected chi connectivity index (χ3v) is 5.10. The summed E-state index contributed by atoms with van der Waals surface area (Å²) in [5.41, 5.74) is 6.73. The number of aryl methyl sites for hydroxylation is 1. The number of nitrogens with one attached hydrogen (secondary N) is 2. The summed E-state index contributed by atoms with van der Waals surface area (Å²) >= 11 is 0. The maximum atomic E-state index is 12.1. The van der Waals surface area contributed by atoms with E-state index < -0.39 is 10.0 Å². The molecule has 0 bridgehead atoms. The van der Waals surface area contributed by atoms with Crippen LogP contribution in [-0.2, 0) is 21.2 Å². The van der Waals surface area contributed by atoms with Crippen LogP contribution in [0.1, 0.15) is 12.0 Å². The summed E-state index contributed by atoms with van der Waals surface area (Å²) in [7, 11) is -2.05. The minimum absolute atomic E-state index is 0.0801. The fourth-order valence-electron chi connectivity index (χ4n) is 2.33. The number of benzene rings is 2. The Bertz CT molecular complexity index is 853. The van der Waals surface area contributed by atoms with Gasteiger partial charge < -0.3 is 15.8 Å². The van der Waals surface area contributed by atoms with Crippen LogP contribution in [0.2, 0.25) is 0 Å². The van der Waals surface area contributed by atoms with Gasteiger partial charge in [-0.1, -0.05) is 18.2 Å². The highest BCUT2D eigenvalue weighted by molar-refractivity contribution is 7.89. The number of nitrogens with two attached hydrogens (primary N) is 1. The minimum atomic E-state index is -3.64. The Morgan fingerprint density at radius 2 is 1.92 bits per heavy atom. The van der Waals surface area contributed by atoms with Gasteiger partial charge in [-0.3, -0.25) is 4.79 Å². The van der Waals surface area contributed by atoms with Crippen molar-refractivity contribution in [2.24, 2.45) is 5.73 Å². The van der Waals surface area contributed by atoms with Crippen LogP contribution in [0, 0.1) is 0 Å². The second kappa shape index (κ2) is 9.33. The molecule has 2 aromatic carbocycles. The molecule has 1 amide bonds. The summed E-state index contributed by atoms with van der Waals surface area (Å²) in [5.74, 6) is 0.545. The standard InChI is InChI=1S/C18H23N3O4S/c1-25-16-6-2-4-14(12-16)8-9-18(22)21-15-5-3-7-17(13-15)26(23,24)20-11-10-19/h2-7,12-13,20H,8-11,19H2,1H3,(H,21,22). The fraction of sp³-hybridized carbons (Fsp3) is 0.278. The van der Waals surface area contributed by atoms with Crippen molar-refractivity contribution in [3.8, 4) is 5.75 Å². The first kappa shape index (κ1) is 19.9. The van der Waals surface area contributed by atoms with Crippen molar-refractivity contribution in [2.45, 2.75) is 17.7 Å². The molecule has 0 unspecified atom stereocenters. The van der Waals surface area contributed by atoms with Crippen molar-refractivity contribution >= 4 is 21.6 Å². The van der Waals surface area contributed by atoms with Gasteiger partial charge in [-0.15, -0.1) is 0 Å². The molecule has 0 heterocycles. The monoisotopic (exact) mass is 377 g/mol. The largest absolute Gasteiger partial charge is 0.497 e. The molecule has 0 saturated carbocycles. The van der Waals surface area contributed by atoms with Crippen LogP contribution in [0.4, 0.5) is 5.69 Å². The molecule has 8 heteroatoms. The third kappa shape index (κ3) is 5.83. The van der Waals surface area contributed by atoms with Gasteiger partial charge in [-0.05, 0) is 42.3 Å². The quantitative estimate of drug-likeness (QED) is 0.613. The Labute approximate surface area is 153 Å². The summed E-state index contributed by atoms with van der Waals surface area (Å²) in [4.78, 5) is 12.2. The molecule has 0 aliphatic rings. The molecule has 2 rings (SSSR count). The zero-order valence-electron chi connectivity index (χ0n) is 14.6. The molecule has 0 radical (unpaired) electrons. The summed E-state index contributed by atoms with van der Waals surface area (Å²) in [6, 6.07) is 13.6. The Balaban J connectivity index is 1.97. The molecule has 0 fully saturated rings. The summed E-state index contributed by atoms with van der Waals surface area (Å²) < 4.78 is 31.8. The molecule has 0 saturated heterocycles. The zero-order chi connectivity index (χ0) is 19.0. The van der Waals surface area contributed by atoms with Gasteiger partial charge in [0, 0.05) is 25.2 Å². The van der Waals surface area contributed by atoms with E-state index in [0.717, 1.165) is 11.3 Å². The number of methoxy groups -OCH3 is 1. The average Bonchev–Trinajstić information content (AvgIpc) is 2.65. The smallest absolute Gasteiger partial charge is 0.240 e. The number of ether oxygens (including phenoxy) is 1. The summed E-state index contributed by atoms with van der Waals surface area (Å²) in [6.45, 7) is 0.361. The number of carbonyl (C=O) groups is 1. The molecule has 140 valence electrons. The maximum absolute atomic E-state index is 12.1. The highest BCUT2D eigenvalue weighted by atomic mass is 32.2. The molecule has 4 N–H and O–H groups in total. The van der Waals surface area contributed by atoms with Crippen molar-refractivity contribution in [1.29, 1.82) is 0 Å². The summed E-state index contributed by atoms with van der Waals surface area (Å²) in [5, 5.41) is 2.72. The van der Waals surface area contributed by atoms with Gasteiger partial charge in [0.15, 0.2) is 0 Å². The molecule has 7 nitrogen and oxygen atoms in total. The van der Waals surface area contributed by atoms with Gasteiger partial charge >= 0.3 is 0 Å². The van der Waals surface area contributed by atoms with Gasteiger partial charge in [-0.25, -0.2) is 13.1 Å². The fourth-order valence-corrected chi connectivity index (χ4v) is 3.42. The second-order valence-electron chi connectivity index (χ2n) is 5.61. The van der Waals surface area contributed by atoms with Gasteiger partial charge in [0.1, 0.15) is 5.75 Å². The van der Waals surface area contributed by atoms with Crippen LogP contribution >= 0.6 is 0 Å². The van der Waals surface area contributed by atoms with Crippen molar-refractivity contribution < 1.29 is 17.9 Å². The van der Waals surface area contributed by atoms with Crippen LogP contribution in [0.3, 0.4) is 0 Å². The first-order valence-electron chi connectivity index (χ1n) is 8.17. The number of anilines is 1. The lowest BCUT2D eigenvalue weighted by Crippen LogP contribution is -2.29. The molecular weight excluding hydrogens is 354 g/mol. The van der Waals surface area contributed by atoms with Crippen LogP contribution in [-0.4, -0.2) is 34.5 Å². The molecule has 0 spiro atoms. The Hall–Kier alpha value is -2.42. The highest BCUT2D eigenvalue weighted by Gasteiger charge is 2.14. The molecule has 0 aliphatic carbocycles. The van der Waals surface area contributed by atoms with E-state index in [4.69, 9.17) is 10.5 Å². The van der Waals surface area contributed by atoms with Crippen LogP contribution < -0.4 is 20.5 Å². The van der Waals surface area contributed by atoms with E-state index in [2.05, 4.69) is 10.0 Å². The number of sulfonamides is 1. The zero-order valence-corrected chi connectivity index (χ0v) is 15.4. The summed E-state index contributed by atoms with van der Waals surface area (Å²) in [6.07, 6.45) is 0.828. The Morgan fingerprint density at radius 3 is 2.65 bits per heavy atom. The van der Waals surface area contributed by atoms with Crippen LogP contribution in [0.25, 0.3) is 0 Å². The lowest BCUT2D eigenvalue weighted by molar-refractivity contribution is -0.116. The van der Waals surface area contributed by atoms with Crippen molar-refractivity contribution in [3.05, 3.63) is 54.1 Å². The molecular formula is C18H23N3O4S. The van der Waals surface area contributed by atoms with Crippen LogP contribution in [0.5, 0.6) is 5.75 Å². The Kier molecular flexibility index (Phi) is 7.14. The van der Waals surface area contributed by atoms with E-state index >= 15 is 0 Å². The van der Waals surface area contributed by atoms with Gasteiger partial charge in [0.2, 0.25) is 15.9 Å². The lowest BCUT2D eigenvalue weighted by Gasteiger charge is -2.09. The molecule has 2 aromatic rings. The first-order chi connectivity index (χ1) is 12.4. The van der Waals surface area contributed by atoms with E-state index in [1.165, 1.54) is 12.1 Å². The predicted molar refractivity (Wildman–Crippen MR) is 101 cm³/mol. The number of amides is 1. The van der Waals surface area contributed by atoms with Gasteiger partial charge in [-0.2, -0.15) is 0 Å². The number of hydrogen-bond acceptors (Lipinski definition) is 5. The maximum Gasteiger partial charge on any atom is 0.240 e. The van der Waals surface area contributed by atoms with E-state index in [9.17, 15) is 13.2 Å². The lowest BCUT2D eigenvalue weighted by atomic mass is 10.1. The minimum Gasteiger partial charge on any atom is -0.497 e. The SMILES string of the molecule is COc1cccc(CCC(=O)Nc2cccc(S(=O)(=O)NCCN)c2)c1. The number of carbonyl (C=O) groups excluding carboxylic acids is 1. The van der Waals surface area contributed by atoms with E-state index in [-0.39, 0.29) is 30.3 Å². The first-order valence-corrected chi connectivity index (χ1v) is 9.65. The molecule has 0 aromatic heterocycles. The molecule has 0 atom stereocenters. The predicted octanol–water partition coefficient (Wildman–Crippen LogP) is 1.50. The van der Waals surface area contributed by atoms with Crippen molar-refractivity contribution in [1.82, 2.24) is 4.72 Å². The van der Waals surface area contributed by atoms with E-state index in [0.29, 0.717) is 12.1 Å². The van der Waals surface area contributed by atoms with Crippen molar-refractivity contribution in [2.75, 3.05) is 25.5 Å². The molecule has 26 heavy (non-hydrogen) atoms. The van der Waals surface area contributed by atoms with Gasteiger partial charge in [0.05, 0.1) is 12.0 Å². The number of rotatable bonds is 9. The van der Waals surface area contributed by atoms with E-state index in [1.54, 1.807) is 19.2 Å². The third-order valence-electron chi connectivity index (χ3n) is 3.64. The average molecular weight is 377 g/mol. The molecule has 0 aliphatic heterocycles. The normalized spacial score (nSPS) is 11.2. The Morgan fingerprint density at radius 1 is 1.15 bits per heavy atom. The highest BCUT2D eigenvalue weighted by Crippen LogP contribution is 2.17. The van der Waals surface area contributed by atoms with E-state index in [1.807, 2.05) is 24.3 Å². The number of hydrogen-bond donors (Lipinski definition) is 3. The van der Waals surface area contributed by atoms with Crippen molar-refractivity contribution in [3.63, 3.8) is 0 Å². The van der Waals surface area contributed by atoms with Crippen LogP contribution in [0.15, 0.2) is 53.4 Å². The second-order valence-corrected chi connectivity index (χ2v) is 7.38. The van der Waals surface area contributed by atoms with Gasteiger partial charge in [0.25, 0.3) is 0 Å². The topological polar surface area (TPSA) is 111 Å².